The van der Waals surface area contributed by atoms with Crippen molar-refractivity contribution in [1.29, 1.82) is 0 Å². The lowest BCUT2D eigenvalue weighted by Gasteiger charge is -2.35. The van der Waals surface area contributed by atoms with E-state index >= 15 is 0 Å². The molecule has 0 aliphatic heterocycles. The summed E-state index contributed by atoms with van der Waals surface area (Å²) in [6, 6.07) is 0. The van der Waals surface area contributed by atoms with E-state index in [9.17, 15) is 9.59 Å². The third kappa shape index (κ3) is 3.65. The summed E-state index contributed by atoms with van der Waals surface area (Å²) in [4.78, 5) is 25.5. The highest BCUT2D eigenvalue weighted by Gasteiger charge is 2.43. The van der Waals surface area contributed by atoms with Gasteiger partial charge in [-0.2, -0.15) is 0 Å². The topological polar surface area (TPSA) is 89.4 Å². The monoisotopic (exact) mass is 285 g/mol. The van der Waals surface area contributed by atoms with E-state index in [4.69, 9.17) is 23.7 Å². The van der Waals surface area contributed by atoms with Gasteiger partial charge in [0.05, 0.1) is 16.9 Å². The first-order chi connectivity index (χ1) is 8.94. The van der Waals surface area contributed by atoms with Crippen molar-refractivity contribution < 1.29 is 9.59 Å². The molecule has 0 atom stereocenters. The fourth-order valence-electron chi connectivity index (χ4n) is 2.72. The highest BCUT2D eigenvalue weighted by molar-refractivity contribution is 7.80. The molecule has 0 heterocycles. The summed E-state index contributed by atoms with van der Waals surface area (Å²) < 4.78 is 0. The van der Waals surface area contributed by atoms with Crippen LogP contribution in [0.2, 0.25) is 0 Å². The van der Waals surface area contributed by atoms with Gasteiger partial charge in [-0.1, -0.05) is 37.9 Å². The van der Waals surface area contributed by atoms with E-state index in [2.05, 4.69) is 0 Å². The summed E-state index contributed by atoms with van der Waals surface area (Å²) >= 11 is 5.16. The van der Waals surface area contributed by atoms with Gasteiger partial charge < -0.3 is 16.4 Å². The standard InChI is InChI=1S/C13H23N3O2S/c1-2-16(9-10(14)17)12(18)13(11(15)19)7-5-3-4-6-8-13/h2-9H2,1H3,(H2,14,17)(H2,15,19). The normalized spacial score (nSPS) is 18.4. The molecule has 6 heteroatoms. The molecular formula is C13H23N3O2S. The maximum absolute atomic E-state index is 12.7. The Morgan fingerprint density at radius 3 is 2.05 bits per heavy atom. The van der Waals surface area contributed by atoms with Crippen LogP contribution in [0.15, 0.2) is 0 Å². The third-order valence-electron chi connectivity index (χ3n) is 3.85. The third-order valence-corrected chi connectivity index (χ3v) is 4.24. The summed E-state index contributed by atoms with van der Waals surface area (Å²) in [5.41, 5.74) is 10.3. The Balaban J connectivity index is 2.99. The number of thiocarbonyl (C=S) groups is 1. The molecule has 1 aliphatic carbocycles. The average Bonchev–Trinajstić information content (AvgIpc) is 2.61. The van der Waals surface area contributed by atoms with Crippen molar-refractivity contribution in [3.8, 4) is 0 Å². The van der Waals surface area contributed by atoms with Gasteiger partial charge in [0.1, 0.15) is 0 Å². The van der Waals surface area contributed by atoms with Crippen molar-refractivity contribution in [1.82, 2.24) is 4.90 Å². The van der Waals surface area contributed by atoms with Crippen LogP contribution < -0.4 is 11.5 Å². The van der Waals surface area contributed by atoms with Crippen molar-refractivity contribution in [2.24, 2.45) is 16.9 Å². The molecule has 19 heavy (non-hydrogen) atoms. The van der Waals surface area contributed by atoms with Crippen LogP contribution in [-0.4, -0.2) is 34.8 Å². The zero-order valence-corrected chi connectivity index (χ0v) is 12.3. The van der Waals surface area contributed by atoms with Crippen LogP contribution in [-0.2, 0) is 9.59 Å². The number of primary amides is 1. The van der Waals surface area contributed by atoms with E-state index in [1.807, 2.05) is 6.92 Å². The van der Waals surface area contributed by atoms with Crippen LogP contribution in [0, 0.1) is 5.41 Å². The van der Waals surface area contributed by atoms with Gasteiger partial charge in [-0.15, -0.1) is 0 Å². The molecule has 1 fully saturated rings. The first kappa shape index (κ1) is 15.9. The molecule has 1 saturated carbocycles. The molecule has 0 bridgehead atoms. The maximum Gasteiger partial charge on any atom is 0.237 e. The zero-order chi connectivity index (χ0) is 14.5. The van der Waals surface area contributed by atoms with Gasteiger partial charge in [0, 0.05) is 6.54 Å². The Morgan fingerprint density at radius 1 is 1.16 bits per heavy atom. The van der Waals surface area contributed by atoms with Crippen molar-refractivity contribution >= 4 is 29.0 Å². The number of likely N-dealkylation sites (N-methyl/N-ethyl adjacent to an activating group) is 1. The molecule has 0 radical (unpaired) electrons. The van der Waals surface area contributed by atoms with E-state index in [1.165, 1.54) is 4.90 Å². The summed E-state index contributed by atoms with van der Waals surface area (Å²) in [6.45, 7) is 2.19. The van der Waals surface area contributed by atoms with E-state index in [-0.39, 0.29) is 17.4 Å². The number of hydrogen-bond donors (Lipinski definition) is 2. The molecule has 0 aromatic rings. The van der Waals surface area contributed by atoms with Gasteiger partial charge >= 0.3 is 0 Å². The van der Waals surface area contributed by atoms with E-state index in [0.29, 0.717) is 19.4 Å². The predicted molar refractivity (Wildman–Crippen MR) is 78.4 cm³/mol. The number of hydrogen-bond acceptors (Lipinski definition) is 3. The minimum absolute atomic E-state index is 0.0697. The smallest absolute Gasteiger partial charge is 0.237 e. The van der Waals surface area contributed by atoms with Gasteiger partial charge in [0.15, 0.2) is 0 Å². The number of amides is 2. The largest absolute Gasteiger partial charge is 0.392 e. The second-order valence-corrected chi connectivity index (χ2v) is 5.59. The fourth-order valence-corrected chi connectivity index (χ4v) is 3.01. The molecule has 4 N–H and O–H groups in total. The molecule has 0 aromatic heterocycles. The van der Waals surface area contributed by atoms with Crippen molar-refractivity contribution in [2.45, 2.75) is 45.4 Å². The van der Waals surface area contributed by atoms with Gasteiger partial charge in [0.25, 0.3) is 0 Å². The summed E-state index contributed by atoms with van der Waals surface area (Å²) in [5.74, 6) is -0.648. The highest BCUT2D eigenvalue weighted by atomic mass is 32.1. The van der Waals surface area contributed by atoms with Crippen LogP contribution in [0.25, 0.3) is 0 Å². The Bertz CT molecular complexity index is 363. The molecule has 0 unspecified atom stereocenters. The minimum atomic E-state index is -0.780. The van der Waals surface area contributed by atoms with E-state index in [0.717, 1.165) is 25.7 Å². The molecule has 2 amide bonds. The van der Waals surface area contributed by atoms with Gasteiger partial charge in [-0.3, -0.25) is 9.59 Å². The van der Waals surface area contributed by atoms with Gasteiger partial charge in [-0.25, -0.2) is 0 Å². The molecule has 1 rings (SSSR count). The molecule has 1 aliphatic rings. The Hall–Kier alpha value is -1.17. The van der Waals surface area contributed by atoms with Crippen molar-refractivity contribution in [3.63, 3.8) is 0 Å². The first-order valence-corrected chi connectivity index (χ1v) is 7.22. The van der Waals surface area contributed by atoms with Crippen LogP contribution >= 0.6 is 12.2 Å². The maximum atomic E-state index is 12.7. The Kier molecular flexibility index (Phi) is 5.72. The fraction of sp³-hybridized carbons (Fsp3) is 0.769. The molecular weight excluding hydrogens is 262 g/mol. The number of nitrogens with zero attached hydrogens (tertiary/aromatic N) is 1. The van der Waals surface area contributed by atoms with Crippen LogP contribution in [0.1, 0.15) is 45.4 Å². The molecule has 108 valence electrons. The SMILES string of the molecule is CCN(CC(N)=O)C(=O)C1(C(N)=S)CCCCCC1. The molecule has 0 saturated heterocycles. The number of nitrogens with two attached hydrogens (primary N) is 2. The molecule has 0 aromatic carbocycles. The van der Waals surface area contributed by atoms with Crippen LogP contribution in [0.5, 0.6) is 0 Å². The summed E-state index contributed by atoms with van der Waals surface area (Å²) in [7, 11) is 0. The second-order valence-electron chi connectivity index (χ2n) is 5.15. The summed E-state index contributed by atoms with van der Waals surface area (Å²) in [6.07, 6.45) is 5.43. The minimum Gasteiger partial charge on any atom is -0.392 e. The van der Waals surface area contributed by atoms with Crippen LogP contribution in [0.3, 0.4) is 0 Å². The molecule has 5 nitrogen and oxygen atoms in total. The quantitative estimate of drug-likeness (QED) is 0.581. The van der Waals surface area contributed by atoms with Crippen molar-refractivity contribution in [3.05, 3.63) is 0 Å². The molecule has 0 spiro atoms. The van der Waals surface area contributed by atoms with E-state index in [1.54, 1.807) is 0 Å². The zero-order valence-electron chi connectivity index (χ0n) is 11.5. The number of carbonyl (C=O) groups is 2. The lowest BCUT2D eigenvalue weighted by molar-refractivity contribution is -0.141. The Labute approximate surface area is 119 Å². The van der Waals surface area contributed by atoms with E-state index < -0.39 is 11.3 Å². The predicted octanol–water partition coefficient (Wildman–Crippen LogP) is 0.947. The van der Waals surface area contributed by atoms with Gasteiger partial charge in [0.2, 0.25) is 11.8 Å². The average molecular weight is 285 g/mol. The first-order valence-electron chi connectivity index (χ1n) is 6.81. The lowest BCUT2D eigenvalue weighted by atomic mass is 9.78. The summed E-state index contributed by atoms with van der Waals surface area (Å²) in [5, 5.41) is 0. The highest BCUT2D eigenvalue weighted by Crippen LogP contribution is 2.37. The van der Waals surface area contributed by atoms with Gasteiger partial charge in [-0.05, 0) is 19.8 Å². The second kappa shape index (κ2) is 6.84. The Morgan fingerprint density at radius 2 is 1.68 bits per heavy atom. The van der Waals surface area contributed by atoms with Crippen molar-refractivity contribution in [2.75, 3.05) is 13.1 Å². The lowest BCUT2D eigenvalue weighted by Crippen LogP contribution is -2.52. The number of carbonyl (C=O) groups excluding carboxylic acids is 2. The number of rotatable bonds is 5. The van der Waals surface area contributed by atoms with Crippen LogP contribution in [0.4, 0.5) is 0 Å².